The minimum Gasteiger partial charge on any atom is -0.497 e. The maximum absolute atomic E-state index is 5.14. The molecule has 1 aromatic rings. The fourth-order valence-electron chi connectivity index (χ4n) is 1.10. The van der Waals surface area contributed by atoms with Crippen molar-refractivity contribution in [3.8, 4) is 11.5 Å². The van der Waals surface area contributed by atoms with Gasteiger partial charge in [-0.15, -0.1) is 0 Å². The predicted octanol–water partition coefficient (Wildman–Crippen LogP) is 2.14. The number of nitrogens with zero attached hydrogens (tertiary/aromatic N) is 1. The molecule has 0 fully saturated rings. The average Bonchev–Trinajstić information content (AvgIpc) is 2.25. The van der Waals surface area contributed by atoms with E-state index < -0.39 is 0 Å². The van der Waals surface area contributed by atoms with Gasteiger partial charge < -0.3 is 9.47 Å². The molecule has 0 amide bonds. The number of hydrogen-bond donors (Lipinski definition) is 0. The molecule has 0 aromatic heterocycles. The van der Waals surface area contributed by atoms with Crippen molar-refractivity contribution >= 4 is 6.21 Å². The lowest BCUT2D eigenvalue weighted by Gasteiger charge is -2.05. The zero-order valence-corrected chi connectivity index (χ0v) is 8.78. The van der Waals surface area contributed by atoms with Gasteiger partial charge in [0, 0.05) is 18.8 Å². The molecule has 0 atom stereocenters. The monoisotopic (exact) mass is 193 g/mol. The van der Waals surface area contributed by atoms with Gasteiger partial charge in [0.2, 0.25) is 0 Å². The molecule has 0 heterocycles. The summed E-state index contributed by atoms with van der Waals surface area (Å²) in [4.78, 5) is 4.16. The van der Waals surface area contributed by atoms with Crippen molar-refractivity contribution in [2.45, 2.75) is 6.92 Å². The van der Waals surface area contributed by atoms with Gasteiger partial charge in [-0.2, -0.15) is 0 Å². The molecule has 1 rings (SSSR count). The third-order valence-corrected chi connectivity index (χ3v) is 1.80. The summed E-state index contributed by atoms with van der Waals surface area (Å²) < 4.78 is 10.3. The first-order chi connectivity index (χ1) is 6.80. The van der Waals surface area contributed by atoms with E-state index in [9.17, 15) is 0 Å². The van der Waals surface area contributed by atoms with E-state index in [2.05, 4.69) is 4.99 Å². The largest absolute Gasteiger partial charge is 0.497 e. The van der Waals surface area contributed by atoms with Gasteiger partial charge in [0.1, 0.15) is 11.5 Å². The minimum atomic E-state index is 0.777. The smallest absolute Gasteiger partial charge is 0.123 e. The summed E-state index contributed by atoms with van der Waals surface area (Å²) in [6.07, 6.45) is 1.81. The van der Waals surface area contributed by atoms with E-state index >= 15 is 0 Å². The highest BCUT2D eigenvalue weighted by molar-refractivity contribution is 5.81. The zero-order valence-electron chi connectivity index (χ0n) is 8.78. The quantitative estimate of drug-likeness (QED) is 0.686. The second kappa shape index (κ2) is 5.27. The first-order valence-electron chi connectivity index (χ1n) is 4.53. The van der Waals surface area contributed by atoms with Crippen molar-refractivity contribution in [3.05, 3.63) is 23.8 Å². The molecule has 3 nitrogen and oxygen atoms in total. The lowest BCUT2D eigenvalue weighted by atomic mass is 10.2. The third-order valence-electron chi connectivity index (χ3n) is 1.80. The number of ether oxygens (including phenoxy) is 2. The molecule has 0 saturated heterocycles. The Labute approximate surface area is 84.4 Å². The number of aliphatic imine (C=N–C) groups is 1. The van der Waals surface area contributed by atoms with E-state index in [4.69, 9.17) is 9.47 Å². The molecule has 0 aliphatic carbocycles. The molecular weight excluding hydrogens is 178 g/mol. The molecule has 0 radical (unpaired) electrons. The average molecular weight is 193 g/mol. The van der Waals surface area contributed by atoms with Crippen LogP contribution in [0.2, 0.25) is 0 Å². The zero-order chi connectivity index (χ0) is 10.4. The summed E-state index contributed by atoms with van der Waals surface area (Å²) in [6, 6.07) is 5.67. The first-order valence-corrected chi connectivity index (χ1v) is 4.53. The van der Waals surface area contributed by atoms with Crippen LogP contribution in [-0.2, 0) is 0 Å². The molecule has 0 N–H and O–H groups in total. The molecule has 0 spiro atoms. The van der Waals surface area contributed by atoms with Crippen LogP contribution in [0.4, 0.5) is 0 Å². The summed E-state index contributed by atoms with van der Waals surface area (Å²) >= 11 is 0. The van der Waals surface area contributed by atoms with Gasteiger partial charge in [0.15, 0.2) is 0 Å². The van der Waals surface area contributed by atoms with Crippen LogP contribution >= 0.6 is 0 Å². The van der Waals surface area contributed by atoms with E-state index in [1.807, 2.05) is 31.3 Å². The highest BCUT2D eigenvalue weighted by Crippen LogP contribution is 2.21. The van der Waals surface area contributed by atoms with Crippen molar-refractivity contribution in [2.75, 3.05) is 20.8 Å². The van der Waals surface area contributed by atoms with Crippen LogP contribution in [0.25, 0.3) is 0 Å². The summed E-state index contributed by atoms with van der Waals surface area (Å²) in [6.45, 7) is 2.77. The lowest BCUT2D eigenvalue weighted by Crippen LogP contribution is -1.90. The molecule has 0 unspecified atom stereocenters. The Hall–Kier alpha value is -1.51. The van der Waals surface area contributed by atoms with Crippen molar-refractivity contribution in [1.29, 1.82) is 0 Å². The SMILES string of the molecule is CC/N=C/c1cc(OC)cc(OC)c1. The van der Waals surface area contributed by atoms with Gasteiger partial charge in [-0.3, -0.25) is 4.99 Å². The molecule has 0 aliphatic rings. The van der Waals surface area contributed by atoms with E-state index in [0.29, 0.717) is 0 Å². The minimum absolute atomic E-state index is 0.777. The Morgan fingerprint density at radius 2 is 1.71 bits per heavy atom. The van der Waals surface area contributed by atoms with Crippen LogP contribution in [0, 0.1) is 0 Å². The second-order valence-corrected chi connectivity index (χ2v) is 2.77. The van der Waals surface area contributed by atoms with Gasteiger partial charge in [0.25, 0.3) is 0 Å². The molecule has 76 valence electrons. The Kier molecular flexibility index (Phi) is 3.98. The summed E-state index contributed by atoms with van der Waals surface area (Å²) in [5.41, 5.74) is 0.989. The number of rotatable bonds is 4. The van der Waals surface area contributed by atoms with Crippen LogP contribution in [0.1, 0.15) is 12.5 Å². The van der Waals surface area contributed by atoms with Crippen LogP contribution in [0.5, 0.6) is 11.5 Å². The number of benzene rings is 1. The topological polar surface area (TPSA) is 30.8 Å². The first kappa shape index (κ1) is 10.6. The maximum atomic E-state index is 5.14. The van der Waals surface area contributed by atoms with Crippen LogP contribution < -0.4 is 9.47 Å². The highest BCUT2D eigenvalue weighted by Gasteiger charge is 1.98. The van der Waals surface area contributed by atoms with Crippen molar-refractivity contribution in [2.24, 2.45) is 4.99 Å². The Morgan fingerprint density at radius 1 is 1.14 bits per heavy atom. The molecule has 0 aliphatic heterocycles. The fourth-order valence-corrected chi connectivity index (χ4v) is 1.10. The van der Waals surface area contributed by atoms with Gasteiger partial charge in [-0.1, -0.05) is 0 Å². The van der Waals surface area contributed by atoms with E-state index in [-0.39, 0.29) is 0 Å². The van der Waals surface area contributed by atoms with Gasteiger partial charge >= 0.3 is 0 Å². The second-order valence-electron chi connectivity index (χ2n) is 2.77. The Morgan fingerprint density at radius 3 is 2.14 bits per heavy atom. The van der Waals surface area contributed by atoms with E-state index in [0.717, 1.165) is 23.6 Å². The molecule has 1 aromatic carbocycles. The van der Waals surface area contributed by atoms with Crippen molar-refractivity contribution in [1.82, 2.24) is 0 Å². The number of methoxy groups -OCH3 is 2. The molecule has 14 heavy (non-hydrogen) atoms. The van der Waals surface area contributed by atoms with Gasteiger partial charge in [0.05, 0.1) is 14.2 Å². The molecular formula is C11H15NO2. The molecule has 0 saturated carbocycles. The number of hydrogen-bond acceptors (Lipinski definition) is 3. The highest BCUT2D eigenvalue weighted by atomic mass is 16.5. The summed E-state index contributed by atoms with van der Waals surface area (Å²) in [5.74, 6) is 1.56. The van der Waals surface area contributed by atoms with Crippen molar-refractivity contribution in [3.63, 3.8) is 0 Å². The van der Waals surface area contributed by atoms with E-state index in [1.165, 1.54) is 0 Å². The van der Waals surface area contributed by atoms with Crippen molar-refractivity contribution < 1.29 is 9.47 Å². The maximum Gasteiger partial charge on any atom is 0.123 e. The Bertz CT molecular complexity index is 299. The Balaban J connectivity index is 2.98. The molecule has 0 bridgehead atoms. The van der Waals surface area contributed by atoms with Crippen LogP contribution in [0.15, 0.2) is 23.2 Å². The van der Waals surface area contributed by atoms with Gasteiger partial charge in [-0.25, -0.2) is 0 Å². The third kappa shape index (κ3) is 2.76. The van der Waals surface area contributed by atoms with E-state index in [1.54, 1.807) is 14.2 Å². The van der Waals surface area contributed by atoms with Gasteiger partial charge in [-0.05, 0) is 24.6 Å². The standard InChI is InChI=1S/C11H15NO2/c1-4-12-8-9-5-10(13-2)7-11(6-9)14-3/h5-8H,4H2,1-3H3/b12-8+. The molecule has 3 heteroatoms. The van der Waals surface area contributed by atoms with Crippen LogP contribution in [-0.4, -0.2) is 27.0 Å². The predicted molar refractivity (Wildman–Crippen MR) is 57.7 cm³/mol. The fraction of sp³-hybridized carbons (Fsp3) is 0.364. The summed E-state index contributed by atoms with van der Waals surface area (Å²) in [7, 11) is 3.27. The normalized spacial score (nSPS) is 10.5. The summed E-state index contributed by atoms with van der Waals surface area (Å²) in [5, 5.41) is 0. The van der Waals surface area contributed by atoms with Crippen LogP contribution in [0.3, 0.4) is 0 Å². The lowest BCUT2D eigenvalue weighted by molar-refractivity contribution is 0.394.